The molecule has 2 aromatic carbocycles. The topological polar surface area (TPSA) is 53.5 Å². The van der Waals surface area contributed by atoms with Crippen LogP contribution in [0.1, 0.15) is 47.5 Å². The first-order valence-electron chi connectivity index (χ1n) is 11.1. The van der Waals surface area contributed by atoms with Gasteiger partial charge in [0.15, 0.2) is 0 Å². The number of rotatable bonds is 4. The van der Waals surface area contributed by atoms with Crippen molar-refractivity contribution in [1.82, 2.24) is 14.8 Å². The van der Waals surface area contributed by atoms with Gasteiger partial charge in [0.1, 0.15) is 11.0 Å². The molecule has 6 heteroatoms. The summed E-state index contributed by atoms with van der Waals surface area (Å²) in [5.41, 5.74) is 1.64. The maximum absolute atomic E-state index is 13.6. The van der Waals surface area contributed by atoms with E-state index in [4.69, 9.17) is 0 Å². The number of nitrogens with zero attached hydrogens (tertiary/aromatic N) is 3. The molecule has 5 nitrogen and oxygen atoms in total. The van der Waals surface area contributed by atoms with Gasteiger partial charge >= 0.3 is 0 Å². The summed E-state index contributed by atoms with van der Waals surface area (Å²) in [6, 6.07) is 17.2. The largest absolute Gasteiger partial charge is 0.337 e. The minimum absolute atomic E-state index is 0.0123. The van der Waals surface area contributed by atoms with Gasteiger partial charge in [-0.3, -0.25) is 9.59 Å². The lowest BCUT2D eigenvalue weighted by atomic mass is 9.84. The number of carbonyl (C=O) groups excluding carboxylic acids is 2. The van der Waals surface area contributed by atoms with Crippen molar-refractivity contribution in [3.63, 3.8) is 0 Å². The Balaban J connectivity index is 1.39. The Morgan fingerprint density at radius 2 is 1.81 bits per heavy atom. The molecular weight excluding hydrogens is 406 g/mol. The normalized spacial score (nSPS) is 23.0. The fourth-order valence-electron chi connectivity index (χ4n) is 5.23. The number of para-hydroxylation sites is 1. The molecule has 0 bridgehead atoms. The molecule has 2 amide bonds. The molecule has 1 aromatic heterocycles. The highest BCUT2D eigenvalue weighted by Crippen LogP contribution is 2.41. The van der Waals surface area contributed by atoms with E-state index in [1.165, 1.54) is 6.42 Å². The molecular formula is C25H27N3O2S. The van der Waals surface area contributed by atoms with Crippen molar-refractivity contribution in [2.75, 3.05) is 7.05 Å². The number of benzene rings is 2. The van der Waals surface area contributed by atoms with Crippen LogP contribution in [0, 0.1) is 5.92 Å². The van der Waals surface area contributed by atoms with Gasteiger partial charge in [0, 0.05) is 18.7 Å². The van der Waals surface area contributed by atoms with Gasteiger partial charge in [-0.2, -0.15) is 0 Å². The lowest BCUT2D eigenvalue weighted by Gasteiger charge is -2.34. The van der Waals surface area contributed by atoms with Crippen molar-refractivity contribution in [1.29, 1.82) is 0 Å². The summed E-state index contributed by atoms with van der Waals surface area (Å²) in [5, 5.41) is 0.924. The number of likely N-dealkylation sites (N-methyl/N-ethyl adjacent to an activating group) is 1. The third-order valence-electron chi connectivity index (χ3n) is 6.72. The van der Waals surface area contributed by atoms with Gasteiger partial charge < -0.3 is 9.80 Å². The van der Waals surface area contributed by atoms with E-state index in [2.05, 4.69) is 11.1 Å². The summed E-state index contributed by atoms with van der Waals surface area (Å²) in [7, 11) is 1.83. The number of aromatic nitrogens is 1. The van der Waals surface area contributed by atoms with Crippen LogP contribution in [0.15, 0.2) is 54.6 Å². The Labute approximate surface area is 186 Å². The Morgan fingerprint density at radius 1 is 1.06 bits per heavy atom. The standard InChI is InChI=1S/C25H27N3O2S/c1-27(16-23-26-19-12-6-8-14-22(19)31-23)25(30)21-15-18-11-5-7-13-20(18)28(21)24(29)17-9-3-2-4-10-17/h2-4,6,8-10,12,14,18,20-21H,5,7,11,13,15-16H2,1H3. The Hall–Kier alpha value is -2.73. The number of hydrogen-bond acceptors (Lipinski definition) is 4. The van der Waals surface area contributed by atoms with Gasteiger partial charge in [0.05, 0.1) is 16.8 Å². The highest BCUT2D eigenvalue weighted by molar-refractivity contribution is 7.18. The molecule has 2 aliphatic rings. The first-order valence-corrected chi connectivity index (χ1v) is 11.9. The molecule has 3 atom stereocenters. The minimum Gasteiger partial charge on any atom is -0.337 e. The van der Waals surface area contributed by atoms with Gasteiger partial charge in [-0.1, -0.05) is 43.2 Å². The lowest BCUT2D eigenvalue weighted by molar-refractivity contribution is -0.134. The van der Waals surface area contributed by atoms with Crippen molar-refractivity contribution in [2.24, 2.45) is 5.92 Å². The van der Waals surface area contributed by atoms with E-state index in [-0.39, 0.29) is 23.9 Å². The molecule has 5 rings (SSSR count). The van der Waals surface area contributed by atoms with Crippen LogP contribution in [0.3, 0.4) is 0 Å². The number of amides is 2. The van der Waals surface area contributed by atoms with Gasteiger partial charge in [-0.05, 0) is 49.4 Å². The van der Waals surface area contributed by atoms with Crippen LogP contribution < -0.4 is 0 Å². The Morgan fingerprint density at radius 3 is 2.61 bits per heavy atom. The van der Waals surface area contributed by atoms with Crippen molar-refractivity contribution in [3.05, 3.63) is 65.2 Å². The highest BCUT2D eigenvalue weighted by Gasteiger charge is 2.48. The predicted octanol–water partition coefficient (Wildman–Crippen LogP) is 4.73. The zero-order chi connectivity index (χ0) is 21.4. The first-order chi connectivity index (χ1) is 15.1. The molecule has 160 valence electrons. The summed E-state index contributed by atoms with van der Waals surface area (Å²) >= 11 is 1.62. The number of thiazole rings is 1. The van der Waals surface area contributed by atoms with Crippen LogP contribution in [0.2, 0.25) is 0 Å². The molecule has 1 aliphatic heterocycles. The van der Waals surface area contributed by atoms with Crippen LogP contribution in [-0.4, -0.2) is 45.7 Å². The number of carbonyl (C=O) groups is 2. The molecule has 1 aliphatic carbocycles. The second kappa shape index (κ2) is 8.42. The van der Waals surface area contributed by atoms with E-state index in [0.717, 1.165) is 40.9 Å². The molecule has 31 heavy (non-hydrogen) atoms. The van der Waals surface area contributed by atoms with E-state index in [9.17, 15) is 9.59 Å². The fourth-order valence-corrected chi connectivity index (χ4v) is 6.25. The van der Waals surface area contributed by atoms with E-state index >= 15 is 0 Å². The number of hydrogen-bond donors (Lipinski definition) is 0. The van der Waals surface area contributed by atoms with E-state index in [1.54, 1.807) is 16.2 Å². The molecule has 2 fully saturated rings. The summed E-state index contributed by atoms with van der Waals surface area (Å²) in [4.78, 5) is 35.4. The van der Waals surface area contributed by atoms with Crippen molar-refractivity contribution >= 4 is 33.4 Å². The summed E-state index contributed by atoms with van der Waals surface area (Å²) < 4.78 is 1.13. The second-order valence-electron chi connectivity index (χ2n) is 8.71. The number of fused-ring (bicyclic) bond motifs is 2. The van der Waals surface area contributed by atoms with Crippen LogP contribution in [-0.2, 0) is 11.3 Å². The SMILES string of the molecule is CN(Cc1nc2ccccc2s1)C(=O)C1CC2CCCCC2N1C(=O)c1ccccc1. The zero-order valence-corrected chi connectivity index (χ0v) is 18.6. The molecule has 1 saturated carbocycles. The average Bonchev–Trinajstić information content (AvgIpc) is 3.39. The monoisotopic (exact) mass is 433 g/mol. The molecule has 3 unspecified atom stereocenters. The van der Waals surface area contributed by atoms with E-state index in [1.807, 2.05) is 60.5 Å². The van der Waals surface area contributed by atoms with Gasteiger partial charge in [-0.15, -0.1) is 11.3 Å². The van der Waals surface area contributed by atoms with Gasteiger partial charge in [0.2, 0.25) is 5.91 Å². The fraction of sp³-hybridized carbons (Fsp3) is 0.400. The molecule has 3 aromatic rings. The van der Waals surface area contributed by atoms with Gasteiger partial charge in [0.25, 0.3) is 5.91 Å². The lowest BCUT2D eigenvalue weighted by Crippen LogP contribution is -2.49. The van der Waals surface area contributed by atoms with Crippen LogP contribution >= 0.6 is 11.3 Å². The second-order valence-corrected chi connectivity index (χ2v) is 9.83. The third-order valence-corrected chi connectivity index (χ3v) is 7.74. The summed E-state index contributed by atoms with van der Waals surface area (Å²) in [6.45, 7) is 0.470. The Kier molecular flexibility index (Phi) is 5.48. The molecule has 0 spiro atoms. The molecule has 2 heterocycles. The molecule has 0 N–H and O–H groups in total. The average molecular weight is 434 g/mol. The smallest absolute Gasteiger partial charge is 0.254 e. The van der Waals surface area contributed by atoms with E-state index < -0.39 is 0 Å². The maximum atomic E-state index is 13.6. The van der Waals surface area contributed by atoms with Gasteiger partial charge in [-0.25, -0.2) is 4.98 Å². The maximum Gasteiger partial charge on any atom is 0.254 e. The number of likely N-dealkylation sites (tertiary alicyclic amines) is 1. The summed E-state index contributed by atoms with van der Waals surface area (Å²) in [5.74, 6) is 0.436. The van der Waals surface area contributed by atoms with Crippen molar-refractivity contribution in [2.45, 2.75) is 50.7 Å². The molecule has 0 radical (unpaired) electrons. The van der Waals surface area contributed by atoms with Crippen LogP contribution in [0.25, 0.3) is 10.2 Å². The minimum atomic E-state index is -0.389. The highest BCUT2D eigenvalue weighted by atomic mass is 32.1. The van der Waals surface area contributed by atoms with Crippen molar-refractivity contribution in [3.8, 4) is 0 Å². The quantitative estimate of drug-likeness (QED) is 0.598. The van der Waals surface area contributed by atoms with E-state index in [0.29, 0.717) is 18.0 Å². The third kappa shape index (κ3) is 3.85. The zero-order valence-electron chi connectivity index (χ0n) is 17.7. The predicted molar refractivity (Wildman–Crippen MR) is 123 cm³/mol. The van der Waals surface area contributed by atoms with Crippen LogP contribution in [0.5, 0.6) is 0 Å². The molecule has 1 saturated heterocycles. The summed E-state index contributed by atoms with van der Waals surface area (Å²) in [6.07, 6.45) is 5.19. The first kappa shape index (κ1) is 20.2. The Bertz CT molecular complexity index is 1060. The van der Waals surface area contributed by atoms with Crippen molar-refractivity contribution < 1.29 is 9.59 Å². The van der Waals surface area contributed by atoms with Crippen LogP contribution in [0.4, 0.5) is 0 Å².